The zero-order valence-electron chi connectivity index (χ0n) is 11.4. The molecule has 0 spiro atoms. The molecule has 1 fully saturated rings. The molecule has 0 amide bonds. The fourth-order valence-electron chi connectivity index (χ4n) is 2.23. The van der Waals surface area contributed by atoms with Crippen LogP contribution in [0.1, 0.15) is 17.9 Å². The number of ether oxygens (including phenoxy) is 2. The topological polar surface area (TPSA) is 47.5 Å². The molecule has 0 aliphatic carbocycles. The summed E-state index contributed by atoms with van der Waals surface area (Å²) in [5.41, 5.74) is 0. The van der Waals surface area contributed by atoms with Crippen LogP contribution in [0.2, 0.25) is 0 Å². The predicted molar refractivity (Wildman–Crippen MR) is 78.4 cm³/mol. The van der Waals surface area contributed by atoms with Crippen LogP contribution in [0.5, 0.6) is 5.88 Å². The molecule has 1 aliphatic rings. The highest BCUT2D eigenvalue weighted by molar-refractivity contribution is 7.10. The van der Waals surface area contributed by atoms with Gasteiger partial charge in [0.25, 0.3) is 0 Å². The lowest BCUT2D eigenvalue weighted by atomic mass is 10.2. The van der Waals surface area contributed by atoms with Gasteiger partial charge in [-0.1, -0.05) is 6.07 Å². The largest absolute Gasteiger partial charge is 0.478 e. The van der Waals surface area contributed by atoms with Crippen molar-refractivity contribution in [2.45, 2.75) is 13.0 Å². The highest BCUT2D eigenvalue weighted by Gasteiger charge is 2.23. The fourth-order valence-corrected chi connectivity index (χ4v) is 3.00. The molecule has 20 heavy (non-hydrogen) atoms. The molecule has 2 aromatic rings. The van der Waals surface area contributed by atoms with Crippen LogP contribution in [0.4, 0.5) is 5.82 Å². The number of rotatable bonds is 4. The van der Waals surface area contributed by atoms with E-state index in [1.165, 1.54) is 4.88 Å². The maximum absolute atomic E-state index is 5.85. The van der Waals surface area contributed by atoms with Crippen molar-refractivity contribution in [2.75, 3.05) is 31.2 Å². The van der Waals surface area contributed by atoms with Gasteiger partial charge in [-0.3, -0.25) is 0 Å². The van der Waals surface area contributed by atoms with Gasteiger partial charge in [0.15, 0.2) is 0 Å². The Morgan fingerprint density at radius 2 is 2.45 bits per heavy atom. The average Bonchev–Trinajstić information content (AvgIpc) is 3.02. The van der Waals surface area contributed by atoms with E-state index in [4.69, 9.17) is 9.47 Å². The highest BCUT2D eigenvalue weighted by Crippen LogP contribution is 2.28. The van der Waals surface area contributed by atoms with Crippen LogP contribution in [0, 0.1) is 0 Å². The van der Waals surface area contributed by atoms with Gasteiger partial charge < -0.3 is 14.4 Å². The lowest BCUT2D eigenvalue weighted by Crippen LogP contribution is -2.38. The standard InChI is InChI=1S/C14H17N3O2S/c1-2-18-14-8-13(15-10-16-14)17-5-6-19-11(9-17)12-4-3-7-20-12/h3-4,7-8,10-11H,2,5-6,9H2,1H3. The van der Waals surface area contributed by atoms with Gasteiger partial charge in [-0.05, 0) is 18.4 Å². The van der Waals surface area contributed by atoms with Crippen LogP contribution in [-0.2, 0) is 4.74 Å². The Bertz CT molecular complexity index is 547. The lowest BCUT2D eigenvalue weighted by Gasteiger charge is -2.33. The number of anilines is 1. The fraction of sp³-hybridized carbons (Fsp3) is 0.429. The van der Waals surface area contributed by atoms with E-state index in [0.29, 0.717) is 19.1 Å². The summed E-state index contributed by atoms with van der Waals surface area (Å²) >= 11 is 1.73. The highest BCUT2D eigenvalue weighted by atomic mass is 32.1. The molecule has 6 heteroatoms. The summed E-state index contributed by atoms with van der Waals surface area (Å²) in [6, 6.07) is 6.06. The number of thiophene rings is 1. The van der Waals surface area contributed by atoms with Gasteiger partial charge in [-0.15, -0.1) is 11.3 Å². The SMILES string of the molecule is CCOc1cc(N2CCOC(c3cccs3)C2)ncn1. The monoisotopic (exact) mass is 291 g/mol. The van der Waals surface area contributed by atoms with E-state index in [1.807, 2.05) is 13.0 Å². The van der Waals surface area contributed by atoms with Gasteiger partial charge in [0, 0.05) is 17.5 Å². The molecule has 0 bridgehead atoms. The van der Waals surface area contributed by atoms with Gasteiger partial charge in [-0.25, -0.2) is 9.97 Å². The van der Waals surface area contributed by atoms with E-state index in [0.717, 1.165) is 18.9 Å². The molecular weight excluding hydrogens is 274 g/mol. The smallest absolute Gasteiger partial charge is 0.218 e. The number of hydrogen-bond donors (Lipinski definition) is 0. The van der Waals surface area contributed by atoms with Gasteiger partial charge in [0.2, 0.25) is 5.88 Å². The number of nitrogens with zero attached hydrogens (tertiary/aromatic N) is 3. The van der Waals surface area contributed by atoms with Gasteiger partial charge in [0.1, 0.15) is 18.2 Å². The molecule has 2 aromatic heterocycles. The van der Waals surface area contributed by atoms with Gasteiger partial charge >= 0.3 is 0 Å². The third-order valence-corrected chi connectivity index (χ3v) is 4.14. The number of hydrogen-bond acceptors (Lipinski definition) is 6. The Morgan fingerprint density at radius 1 is 1.50 bits per heavy atom. The Kier molecular flexibility index (Phi) is 4.13. The molecule has 0 aromatic carbocycles. The first kappa shape index (κ1) is 13.3. The molecule has 1 saturated heterocycles. The van der Waals surface area contributed by atoms with Crippen molar-refractivity contribution < 1.29 is 9.47 Å². The minimum absolute atomic E-state index is 0.120. The lowest BCUT2D eigenvalue weighted by molar-refractivity contribution is 0.0418. The second-order valence-electron chi connectivity index (χ2n) is 4.47. The second kappa shape index (κ2) is 6.19. The second-order valence-corrected chi connectivity index (χ2v) is 5.45. The molecule has 3 rings (SSSR count). The third kappa shape index (κ3) is 2.91. The molecule has 0 N–H and O–H groups in total. The maximum atomic E-state index is 5.85. The number of aromatic nitrogens is 2. The zero-order chi connectivity index (χ0) is 13.8. The van der Waals surface area contributed by atoms with Crippen molar-refractivity contribution in [3.05, 3.63) is 34.8 Å². The summed E-state index contributed by atoms with van der Waals surface area (Å²) in [5.74, 6) is 1.52. The summed E-state index contributed by atoms with van der Waals surface area (Å²) in [7, 11) is 0. The quantitative estimate of drug-likeness (QED) is 0.866. The Hall–Kier alpha value is -1.66. The molecule has 0 radical (unpaired) electrons. The first-order valence-corrected chi connectivity index (χ1v) is 7.59. The normalized spacial score (nSPS) is 19.1. The summed E-state index contributed by atoms with van der Waals surface area (Å²) in [6.45, 7) is 4.91. The third-order valence-electron chi connectivity index (χ3n) is 3.17. The van der Waals surface area contributed by atoms with Crippen molar-refractivity contribution in [2.24, 2.45) is 0 Å². The van der Waals surface area contributed by atoms with Crippen LogP contribution < -0.4 is 9.64 Å². The van der Waals surface area contributed by atoms with Gasteiger partial charge in [0.05, 0.1) is 19.8 Å². The van der Waals surface area contributed by atoms with Crippen LogP contribution in [0.3, 0.4) is 0 Å². The summed E-state index contributed by atoms with van der Waals surface area (Å²) in [6.07, 6.45) is 1.67. The van der Waals surface area contributed by atoms with Crippen molar-refractivity contribution in [1.82, 2.24) is 9.97 Å². The van der Waals surface area contributed by atoms with Crippen molar-refractivity contribution in [3.63, 3.8) is 0 Å². The van der Waals surface area contributed by atoms with E-state index in [2.05, 4.69) is 32.4 Å². The van der Waals surface area contributed by atoms with E-state index in [-0.39, 0.29) is 6.10 Å². The molecule has 106 valence electrons. The molecule has 3 heterocycles. The first-order valence-electron chi connectivity index (χ1n) is 6.71. The van der Waals surface area contributed by atoms with E-state index in [9.17, 15) is 0 Å². The Morgan fingerprint density at radius 3 is 3.25 bits per heavy atom. The first-order chi connectivity index (χ1) is 9.86. The van der Waals surface area contributed by atoms with Crippen LogP contribution in [-0.4, -0.2) is 36.3 Å². The maximum Gasteiger partial charge on any atom is 0.218 e. The van der Waals surface area contributed by atoms with Crippen LogP contribution in [0.25, 0.3) is 0 Å². The summed E-state index contributed by atoms with van der Waals surface area (Å²) in [4.78, 5) is 11.9. The molecule has 1 atom stereocenters. The van der Waals surface area contributed by atoms with E-state index >= 15 is 0 Å². The summed E-state index contributed by atoms with van der Waals surface area (Å²) in [5, 5.41) is 2.08. The van der Waals surface area contributed by atoms with E-state index < -0.39 is 0 Å². The van der Waals surface area contributed by atoms with Crippen LogP contribution >= 0.6 is 11.3 Å². The minimum atomic E-state index is 0.120. The molecule has 1 aliphatic heterocycles. The molecule has 1 unspecified atom stereocenters. The van der Waals surface area contributed by atoms with Crippen LogP contribution in [0.15, 0.2) is 29.9 Å². The Balaban J connectivity index is 1.74. The predicted octanol–water partition coefficient (Wildman–Crippen LogP) is 2.51. The average molecular weight is 291 g/mol. The molecule has 0 saturated carbocycles. The number of morpholine rings is 1. The van der Waals surface area contributed by atoms with Crippen molar-refractivity contribution >= 4 is 17.2 Å². The molecular formula is C14H17N3O2S. The molecule has 5 nitrogen and oxygen atoms in total. The van der Waals surface area contributed by atoms with Gasteiger partial charge in [-0.2, -0.15) is 0 Å². The summed E-state index contributed by atoms with van der Waals surface area (Å²) < 4.78 is 11.3. The zero-order valence-corrected chi connectivity index (χ0v) is 12.2. The van der Waals surface area contributed by atoms with Crippen molar-refractivity contribution in [3.8, 4) is 5.88 Å². The van der Waals surface area contributed by atoms with Crippen molar-refractivity contribution in [1.29, 1.82) is 0 Å². The van der Waals surface area contributed by atoms with E-state index in [1.54, 1.807) is 17.7 Å². The minimum Gasteiger partial charge on any atom is -0.478 e. The Labute approximate surface area is 122 Å².